The molecule has 0 spiro atoms. The van der Waals surface area contributed by atoms with Crippen molar-refractivity contribution in [1.82, 2.24) is 0 Å². The van der Waals surface area contributed by atoms with Crippen LogP contribution < -0.4 is 0 Å². The number of carbonyl (C=O) groups is 1. The van der Waals surface area contributed by atoms with Gasteiger partial charge in [0.15, 0.2) is 0 Å². The first-order valence-corrected chi connectivity index (χ1v) is 6.55. The van der Waals surface area contributed by atoms with Gasteiger partial charge in [0, 0.05) is 12.0 Å². The predicted molar refractivity (Wildman–Crippen MR) is 77.4 cm³/mol. The van der Waals surface area contributed by atoms with Gasteiger partial charge in [0.25, 0.3) is 0 Å². The van der Waals surface area contributed by atoms with E-state index in [1.165, 1.54) is 0 Å². The molecule has 1 atom stereocenters. The van der Waals surface area contributed by atoms with Gasteiger partial charge in [-0.15, -0.1) is 13.2 Å². The van der Waals surface area contributed by atoms with E-state index < -0.39 is 17.7 Å². The summed E-state index contributed by atoms with van der Waals surface area (Å²) in [6.07, 6.45) is 2.61. The standard InChI is InChI=1S/C15H26O5/c1-7-14(3,4)9-10-18-11-12(15(5,6)8-2)19-13(16)20-17/h7-8,12,17H,1-2,9-11H2,3-6H3. The maximum absolute atomic E-state index is 11.0. The van der Waals surface area contributed by atoms with Crippen molar-refractivity contribution in [3.63, 3.8) is 0 Å². The summed E-state index contributed by atoms with van der Waals surface area (Å²) in [6.45, 7) is 16.0. The number of ether oxygens (including phenoxy) is 2. The van der Waals surface area contributed by atoms with Crippen LogP contribution in [0.1, 0.15) is 34.1 Å². The average Bonchev–Trinajstić information content (AvgIpc) is 2.41. The van der Waals surface area contributed by atoms with Crippen LogP contribution in [0.4, 0.5) is 4.79 Å². The molecule has 0 bridgehead atoms. The number of allylic oxidation sites excluding steroid dienone is 1. The fourth-order valence-corrected chi connectivity index (χ4v) is 1.30. The summed E-state index contributed by atoms with van der Waals surface area (Å²) < 4.78 is 10.5. The second-order valence-electron chi connectivity index (χ2n) is 5.99. The van der Waals surface area contributed by atoms with E-state index in [-0.39, 0.29) is 12.0 Å². The van der Waals surface area contributed by atoms with Crippen LogP contribution in [-0.2, 0) is 14.4 Å². The molecule has 0 rings (SSSR count). The summed E-state index contributed by atoms with van der Waals surface area (Å²) in [6, 6.07) is 0. The van der Waals surface area contributed by atoms with Crippen LogP contribution in [0.5, 0.6) is 0 Å². The molecule has 1 N–H and O–H groups in total. The second kappa shape index (κ2) is 8.07. The summed E-state index contributed by atoms with van der Waals surface area (Å²) in [7, 11) is 0. The molecule has 0 aromatic carbocycles. The summed E-state index contributed by atoms with van der Waals surface area (Å²) >= 11 is 0. The molecule has 20 heavy (non-hydrogen) atoms. The van der Waals surface area contributed by atoms with E-state index in [1.54, 1.807) is 6.08 Å². The lowest BCUT2D eigenvalue weighted by Crippen LogP contribution is -2.36. The summed E-state index contributed by atoms with van der Waals surface area (Å²) in [5.41, 5.74) is -0.503. The Morgan fingerprint density at radius 3 is 2.30 bits per heavy atom. The van der Waals surface area contributed by atoms with Crippen LogP contribution in [0.25, 0.3) is 0 Å². The molecule has 0 aromatic heterocycles. The average molecular weight is 286 g/mol. The Morgan fingerprint density at radius 1 is 1.25 bits per heavy atom. The normalized spacial score (nSPS) is 13.4. The van der Waals surface area contributed by atoms with Gasteiger partial charge in [-0.1, -0.05) is 39.8 Å². The van der Waals surface area contributed by atoms with Crippen molar-refractivity contribution in [2.45, 2.75) is 40.2 Å². The molecule has 5 nitrogen and oxygen atoms in total. The number of carbonyl (C=O) groups excluding carboxylic acids is 1. The zero-order valence-corrected chi connectivity index (χ0v) is 12.8. The lowest BCUT2D eigenvalue weighted by atomic mass is 9.87. The first-order valence-electron chi connectivity index (χ1n) is 6.55. The minimum atomic E-state index is -1.15. The molecule has 0 aromatic rings. The van der Waals surface area contributed by atoms with Gasteiger partial charge < -0.3 is 9.47 Å². The molecule has 0 saturated heterocycles. The molecular formula is C15H26O5. The van der Waals surface area contributed by atoms with Gasteiger partial charge in [0.2, 0.25) is 0 Å². The zero-order valence-electron chi connectivity index (χ0n) is 12.8. The van der Waals surface area contributed by atoms with Crippen molar-refractivity contribution in [2.75, 3.05) is 13.2 Å². The molecule has 0 aliphatic heterocycles. The highest BCUT2D eigenvalue weighted by atomic mass is 17.1. The Balaban J connectivity index is 4.41. The highest BCUT2D eigenvalue weighted by Crippen LogP contribution is 2.26. The second-order valence-corrected chi connectivity index (χ2v) is 5.99. The van der Waals surface area contributed by atoms with Crippen LogP contribution in [0, 0.1) is 10.8 Å². The van der Waals surface area contributed by atoms with Crippen molar-refractivity contribution in [2.24, 2.45) is 10.8 Å². The van der Waals surface area contributed by atoms with Gasteiger partial charge in [-0.25, -0.2) is 4.79 Å². The largest absolute Gasteiger partial charge is 0.540 e. The Kier molecular flexibility index (Phi) is 7.53. The highest BCUT2D eigenvalue weighted by Gasteiger charge is 2.31. The SMILES string of the molecule is C=CC(C)(C)CCOCC(OC(=O)OO)C(C)(C)C=C. The van der Waals surface area contributed by atoms with E-state index in [0.29, 0.717) is 6.61 Å². The van der Waals surface area contributed by atoms with Crippen molar-refractivity contribution in [3.8, 4) is 0 Å². The first kappa shape index (κ1) is 18.7. The zero-order chi connectivity index (χ0) is 15.8. The van der Waals surface area contributed by atoms with E-state index >= 15 is 0 Å². The number of hydrogen-bond donors (Lipinski definition) is 1. The predicted octanol–water partition coefficient (Wildman–Crippen LogP) is 3.81. The van der Waals surface area contributed by atoms with Crippen LogP contribution in [0.15, 0.2) is 25.3 Å². The Labute approximate surface area is 121 Å². The molecule has 0 aliphatic rings. The molecule has 0 radical (unpaired) electrons. The Hall–Kier alpha value is -1.33. The quantitative estimate of drug-likeness (QED) is 0.229. The van der Waals surface area contributed by atoms with Gasteiger partial charge in [0.05, 0.1) is 6.61 Å². The minimum absolute atomic E-state index is 0.00562. The summed E-state index contributed by atoms with van der Waals surface area (Å²) in [4.78, 5) is 14.6. The van der Waals surface area contributed by atoms with Crippen LogP contribution in [0.2, 0.25) is 0 Å². The molecule has 0 saturated carbocycles. The summed E-state index contributed by atoms with van der Waals surface area (Å²) in [5.74, 6) is 0. The van der Waals surface area contributed by atoms with Crippen molar-refractivity contribution >= 4 is 6.16 Å². The summed E-state index contributed by atoms with van der Waals surface area (Å²) in [5, 5.41) is 8.28. The van der Waals surface area contributed by atoms with E-state index in [1.807, 2.05) is 19.9 Å². The van der Waals surface area contributed by atoms with Crippen LogP contribution in [0.3, 0.4) is 0 Å². The van der Waals surface area contributed by atoms with E-state index in [0.717, 1.165) is 6.42 Å². The fourth-order valence-electron chi connectivity index (χ4n) is 1.30. The van der Waals surface area contributed by atoms with Crippen LogP contribution in [-0.4, -0.2) is 30.7 Å². The molecule has 0 amide bonds. The first-order chi connectivity index (χ1) is 9.18. The molecular weight excluding hydrogens is 260 g/mol. The Bertz CT molecular complexity index is 333. The van der Waals surface area contributed by atoms with E-state index in [2.05, 4.69) is 31.9 Å². The third-order valence-electron chi connectivity index (χ3n) is 3.38. The molecule has 0 heterocycles. The number of rotatable bonds is 9. The van der Waals surface area contributed by atoms with Gasteiger partial charge in [-0.05, 0) is 11.8 Å². The molecule has 1 unspecified atom stereocenters. The number of hydrogen-bond acceptors (Lipinski definition) is 5. The van der Waals surface area contributed by atoms with Gasteiger partial charge >= 0.3 is 6.16 Å². The molecule has 116 valence electrons. The van der Waals surface area contributed by atoms with E-state index in [4.69, 9.17) is 14.7 Å². The monoisotopic (exact) mass is 286 g/mol. The molecule has 0 aliphatic carbocycles. The van der Waals surface area contributed by atoms with Crippen molar-refractivity contribution in [3.05, 3.63) is 25.3 Å². The molecule has 0 fully saturated rings. The van der Waals surface area contributed by atoms with Crippen molar-refractivity contribution in [1.29, 1.82) is 0 Å². The molecule has 5 heteroatoms. The van der Waals surface area contributed by atoms with Gasteiger partial charge in [-0.2, -0.15) is 5.26 Å². The highest BCUT2D eigenvalue weighted by molar-refractivity contribution is 5.59. The third kappa shape index (κ3) is 6.73. The van der Waals surface area contributed by atoms with Gasteiger partial charge in [0.1, 0.15) is 6.10 Å². The van der Waals surface area contributed by atoms with Crippen LogP contribution >= 0.6 is 0 Å². The van der Waals surface area contributed by atoms with E-state index in [9.17, 15) is 4.79 Å². The fraction of sp³-hybridized carbons (Fsp3) is 0.667. The topological polar surface area (TPSA) is 65.0 Å². The lowest BCUT2D eigenvalue weighted by Gasteiger charge is -2.30. The maximum Gasteiger partial charge on any atom is 0.540 e. The lowest BCUT2D eigenvalue weighted by molar-refractivity contribution is -0.211. The van der Waals surface area contributed by atoms with Crippen molar-refractivity contribution < 1.29 is 24.4 Å². The minimum Gasteiger partial charge on any atom is -0.426 e. The maximum atomic E-state index is 11.0. The van der Waals surface area contributed by atoms with Gasteiger partial charge in [-0.3, -0.25) is 4.89 Å². The smallest absolute Gasteiger partial charge is 0.426 e. The Morgan fingerprint density at radius 2 is 1.85 bits per heavy atom. The third-order valence-corrected chi connectivity index (χ3v) is 3.38.